The average Bonchev–Trinajstić information content (AvgIpc) is 2.14. The van der Waals surface area contributed by atoms with Crippen LogP contribution in [0.2, 0.25) is 0 Å². The lowest BCUT2D eigenvalue weighted by atomic mass is 9.61. The maximum atomic E-state index is 12.4. The van der Waals surface area contributed by atoms with Crippen LogP contribution in [0.1, 0.15) is 6.42 Å². The van der Waals surface area contributed by atoms with E-state index in [1.807, 2.05) is 0 Å². The molecule has 1 aliphatic carbocycles. The zero-order valence-corrected chi connectivity index (χ0v) is 7.02. The second-order valence-corrected chi connectivity index (χ2v) is 4.21. The summed E-state index contributed by atoms with van der Waals surface area (Å²) in [7, 11) is 2.10. The van der Waals surface area contributed by atoms with E-state index in [2.05, 4.69) is 17.7 Å². The number of fused-ring (bicyclic) bond motifs is 1. The van der Waals surface area contributed by atoms with E-state index in [9.17, 15) is 4.39 Å². The standard InChI is InChI=1S/C8H15FN2/c1-11-4-7-2-6(3-9)8(7,10)5-11/h6-7H,2-5,10H2,1H3/p+1. The molecule has 0 spiro atoms. The van der Waals surface area contributed by atoms with Crippen LogP contribution in [0.4, 0.5) is 4.39 Å². The molecular formula is C8H16FN2+. The molecular weight excluding hydrogens is 143 g/mol. The van der Waals surface area contributed by atoms with Crippen LogP contribution >= 0.6 is 0 Å². The van der Waals surface area contributed by atoms with Crippen LogP contribution in [-0.4, -0.2) is 37.3 Å². The maximum Gasteiger partial charge on any atom is 0.117 e. The van der Waals surface area contributed by atoms with Crippen LogP contribution in [0.25, 0.3) is 0 Å². The number of quaternary nitrogens is 1. The fraction of sp³-hybridized carbons (Fsp3) is 1.00. The van der Waals surface area contributed by atoms with Gasteiger partial charge in [-0.2, -0.15) is 0 Å². The molecule has 0 bridgehead atoms. The molecule has 2 rings (SSSR count). The highest BCUT2D eigenvalue weighted by Gasteiger charge is 2.60. The van der Waals surface area contributed by atoms with Gasteiger partial charge in [-0.1, -0.05) is 0 Å². The summed E-state index contributed by atoms with van der Waals surface area (Å²) in [6.07, 6.45) is 1.06. The van der Waals surface area contributed by atoms with Gasteiger partial charge in [0, 0.05) is 18.4 Å². The topological polar surface area (TPSA) is 30.9 Å². The predicted octanol–water partition coefficient (Wildman–Crippen LogP) is -0.482. The van der Waals surface area contributed by atoms with Gasteiger partial charge in [-0.25, -0.2) is 0 Å². The predicted molar refractivity (Wildman–Crippen MR) is 40.7 cm³/mol. The van der Waals surface area contributed by atoms with Crippen molar-refractivity contribution in [1.82, 2.24) is 4.90 Å². The highest BCUT2D eigenvalue weighted by Crippen LogP contribution is 2.45. The summed E-state index contributed by atoms with van der Waals surface area (Å²) in [6.45, 7) is 1.94. The number of rotatable bonds is 1. The molecule has 0 radical (unpaired) electrons. The van der Waals surface area contributed by atoms with E-state index in [1.165, 1.54) is 0 Å². The first-order chi connectivity index (χ1) is 5.16. The number of alkyl halides is 1. The van der Waals surface area contributed by atoms with Gasteiger partial charge in [0.25, 0.3) is 0 Å². The van der Waals surface area contributed by atoms with E-state index in [1.54, 1.807) is 0 Å². The van der Waals surface area contributed by atoms with Crippen molar-refractivity contribution in [2.24, 2.45) is 11.8 Å². The van der Waals surface area contributed by atoms with Gasteiger partial charge < -0.3 is 5.73 Å². The summed E-state index contributed by atoms with van der Waals surface area (Å²) in [5, 5.41) is 0. The monoisotopic (exact) mass is 159 g/mol. The molecule has 3 heteroatoms. The molecule has 1 saturated heterocycles. The highest BCUT2D eigenvalue weighted by atomic mass is 19.1. The molecule has 2 nitrogen and oxygen atoms in total. The Labute approximate surface area is 66.5 Å². The molecule has 0 aromatic heterocycles. The minimum atomic E-state index is -0.173. The number of likely N-dealkylation sites (N-methyl/N-ethyl adjacent to an activating group) is 1. The van der Waals surface area contributed by atoms with Crippen LogP contribution in [0.15, 0.2) is 0 Å². The first kappa shape index (κ1) is 7.50. The van der Waals surface area contributed by atoms with Crippen molar-refractivity contribution in [3.8, 4) is 0 Å². The number of likely N-dealkylation sites (tertiary alicyclic amines) is 1. The lowest BCUT2D eigenvalue weighted by Crippen LogP contribution is -2.85. The Bertz CT molecular complexity index is 167. The average molecular weight is 159 g/mol. The largest absolute Gasteiger partial charge is 0.351 e. The van der Waals surface area contributed by atoms with Gasteiger partial charge in [-0.05, 0) is 13.5 Å². The van der Waals surface area contributed by atoms with Crippen LogP contribution in [-0.2, 0) is 0 Å². The minimum Gasteiger partial charge on any atom is -0.351 e. The molecule has 11 heavy (non-hydrogen) atoms. The van der Waals surface area contributed by atoms with Gasteiger partial charge in [-0.15, -0.1) is 0 Å². The van der Waals surface area contributed by atoms with Crippen LogP contribution in [0, 0.1) is 11.8 Å². The van der Waals surface area contributed by atoms with E-state index < -0.39 is 0 Å². The fourth-order valence-electron chi connectivity index (χ4n) is 2.66. The first-order valence-electron chi connectivity index (χ1n) is 4.26. The van der Waals surface area contributed by atoms with Crippen LogP contribution in [0.3, 0.4) is 0 Å². The van der Waals surface area contributed by atoms with Crippen LogP contribution < -0.4 is 5.73 Å². The Morgan fingerprint density at radius 3 is 3.00 bits per heavy atom. The van der Waals surface area contributed by atoms with Gasteiger partial charge in [0.15, 0.2) is 0 Å². The summed E-state index contributed by atoms with van der Waals surface area (Å²) < 4.78 is 12.4. The Morgan fingerprint density at radius 1 is 1.73 bits per heavy atom. The number of hydrogen-bond donors (Lipinski definition) is 1. The van der Waals surface area contributed by atoms with Gasteiger partial charge in [-0.3, -0.25) is 9.29 Å². The molecule has 0 amide bonds. The first-order valence-corrected chi connectivity index (χ1v) is 4.26. The third-order valence-corrected chi connectivity index (χ3v) is 3.48. The molecule has 1 heterocycles. The van der Waals surface area contributed by atoms with Gasteiger partial charge >= 0.3 is 0 Å². The highest BCUT2D eigenvalue weighted by molar-refractivity contribution is 5.08. The summed E-state index contributed by atoms with van der Waals surface area (Å²) in [4.78, 5) is 2.27. The normalized spacial score (nSPS) is 50.5. The van der Waals surface area contributed by atoms with Crippen LogP contribution in [0.5, 0.6) is 0 Å². The summed E-state index contributed by atoms with van der Waals surface area (Å²) in [6, 6.07) is 0. The second kappa shape index (κ2) is 2.17. The SMILES string of the molecule is CN1CC2CC(CF)C2([NH3+])C1. The molecule has 2 aliphatic rings. The van der Waals surface area contributed by atoms with Crippen molar-refractivity contribution in [1.29, 1.82) is 0 Å². The Morgan fingerprint density at radius 2 is 2.45 bits per heavy atom. The molecule has 0 aromatic carbocycles. The molecule has 1 aliphatic heterocycles. The lowest BCUT2D eigenvalue weighted by molar-refractivity contribution is -0.523. The Hall–Kier alpha value is -0.150. The number of halogens is 1. The molecule has 2 fully saturated rings. The molecule has 3 N–H and O–H groups in total. The van der Waals surface area contributed by atoms with Crippen molar-refractivity contribution in [3.05, 3.63) is 0 Å². The van der Waals surface area contributed by atoms with Crippen molar-refractivity contribution in [3.63, 3.8) is 0 Å². The fourth-order valence-corrected chi connectivity index (χ4v) is 2.66. The minimum absolute atomic E-state index is 0.0729. The van der Waals surface area contributed by atoms with E-state index in [0.29, 0.717) is 5.92 Å². The van der Waals surface area contributed by atoms with Crippen molar-refractivity contribution in [2.75, 3.05) is 26.8 Å². The Balaban J connectivity index is 2.08. The third-order valence-electron chi connectivity index (χ3n) is 3.48. The zero-order valence-electron chi connectivity index (χ0n) is 7.02. The molecule has 3 unspecified atom stereocenters. The van der Waals surface area contributed by atoms with Crippen molar-refractivity contribution in [2.45, 2.75) is 12.0 Å². The van der Waals surface area contributed by atoms with E-state index in [-0.39, 0.29) is 18.1 Å². The summed E-state index contributed by atoms with van der Waals surface area (Å²) >= 11 is 0. The van der Waals surface area contributed by atoms with Gasteiger partial charge in [0.2, 0.25) is 0 Å². The maximum absolute atomic E-state index is 12.4. The molecule has 64 valence electrons. The number of nitrogens with zero attached hydrogens (tertiary/aromatic N) is 1. The summed E-state index contributed by atoms with van der Waals surface area (Å²) in [5.74, 6) is 0.922. The molecule has 0 aromatic rings. The zero-order chi connectivity index (χ0) is 8.06. The van der Waals surface area contributed by atoms with Crippen molar-refractivity contribution < 1.29 is 10.1 Å². The van der Waals surface area contributed by atoms with Gasteiger partial charge in [0.1, 0.15) is 5.54 Å². The van der Waals surface area contributed by atoms with E-state index in [4.69, 9.17) is 0 Å². The van der Waals surface area contributed by atoms with Gasteiger partial charge in [0.05, 0.1) is 13.2 Å². The quantitative estimate of drug-likeness (QED) is 0.550. The van der Waals surface area contributed by atoms with Crippen molar-refractivity contribution >= 4 is 0 Å². The summed E-state index contributed by atoms with van der Waals surface area (Å²) in [5.41, 5.74) is 4.23. The van der Waals surface area contributed by atoms with E-state index >= 15 is 0 Å². The smallest absolute Gasteiger partial charge is 0.117 e. The number of hydrogen-bond acceptors (Lipinski definition) is 1. The van der Waals surface area contributed by atoms with E-state index in [0.717, 1.165) is 19.5 Å². The molecule has 1 saturated carbocycles. The molecule has 3 atom stereocenters. The third kappa shape index (κ3) is 0.842. The Kier molecular flexibility index (Phi) is 1.48. The lowest BCUT2D eigenvalue weighted by Gasteiger charge is -2.44. The second-order valence-electron chi connectivity index (χ2n) is 4.21.